The Hall–Kier alpha value is -1.59. The maximum atomic E-state index is 10.8. The lowest BCUT2D eigenvalue weighted by Crippen LogP contribution is -2.29. The Kier molecular flexibility index (Phi) is 4.75. The van der Waals surface area contributed by atoms with Gasteiger partial charge in [-0.25, -0.2) is 4.79 Å². The highest BCUT2D eigenvalue weighted by molar-refractivity contribution is 5.90. The van der Waals surface area contributed by atoms with Gasteiger partial charge in [-0.05, 0) is 19.2 Å². The van der Waals surface area contributed by atoms with Gasteiger partial charge < -0.3 is 20.3 Å². The number of hydrogen-bond acceptors (Lipinski definition) is 4. The molecule has 0 aliphatic heterocycles. The van der Waals surface area contributed by atoms with E-state index < -0.39 is 12.1 Å². The summed E-state index contributed by atoms with van der Waals surface area (Å²) in [5, 5.41) is 21.1. The van der Waals surface area contributed by atoms with Crippen LogP contribution >= 0.6 is 0 Å². The summed E-state index contributed by atoms with van der Waals surface area (Å²) in [5.41, 5.74) is 0.0964. The lowest BCUT2D eigenvalue weighted by atomic mass is 10.2. The number of carboxylic acid groups (broad SMARTS) is 1. The number of hydrogen-bond donors (Lipinski definition) is 3. The number of carbonyl (C=O) groups is 1. The summed E-state index contributed by atoms with van der Waals surface area (Å²) in [6.45, 7) is 0.459. The van der Waals surface area contributed by atoms with E-state index in [1.165, 1.54) is 6.07 Å². The summed E-state index contributed by atoms with van der Waals surface area (Å²) >= 11 is 0. The summed E-state index contributed by atoms with van der Waals surface area (Å²) in [6.07, 6.45) is -0.660. The molecule has 0 aliphatic carbocycles. The predicted octanol–water partition coefficient (Wildman–Crippen LogP) is 0.344. The van der Waals surface area contributed by atoms with Crippen LogP contribution in [0.5, 0.6) is 5.75 Å². The van der Waals surface area contributed by atoms with Crippen LogP contribution in [0.25, 0.3) is 0 Å². The number of likely N-dealkylation sites (N-methyl/N-ethyl adjacent to an activating group) is 1. The zero-order valence-electron chi connectivity index (χ0n) is 9.01. The van der Waals surface area contributed by atoms with E-state index in [0.29, 0.717) is 6.54 Å². The van der Waals surface area contributed by atoms with Crippen molar-refractivity contribution in [2.75, 3.05) is 20.2 Å². The van der Waals surface area contributed by atoms with Crippen LogP contribution in [0.3, 0.4) is 0 Å². The topological polar surface area (TPSA) is 78.8 Å². The summed E-state index contributed by atoms with van der Waals surface area (Å²) in [6, 6.07) is 6.34. The standard InChI is InChI=1S/C11H15NO4/c1-12-6-8(13)7-16-10-5-3-2-4-9(10)11(14)15/h2-5,8,12-13H,6-7H2,1H3,(H,14,15). The van der Waals surface area contributed by atoms with Gasteiger partial charge >= 0.3 is 5.97 Å². The molecule has 0 fully saturated rings. The second kappa shape index (κ2) is 6.09. The van der Waals surface area contributed by atoms with Crippen LogP contribution in [0.4, 0.5) is 0 Å². The van der Waals surface area contributed by atoms with Gasteiger partial charge in [0.2, 0.25) is 0 Å². The molecule has 16 heavy (non-hydrogen) atoms. The van der Waals surface area contributed by atoms with Gasteiger partial charge in [0.05, 0.1) is 0 Å². The number of nitrogens with one attached hydrogen (secondary N) is 1. The van der Waals surface area contributed by atoms with Crippen molar-refractivity contribution >= 4 is 5.97 Å². The van der Waals surface area contributed by atoms with Crippen molar-refractivity contribution in [3.05, 3.63) is 29.8 Å². The largest absolute Gasteiger partial charge is 0.490 e. The summed E-state index contributed by atoms with van der Waals surface area (Å²) in [4.78, 5) is 10.8. The summed E-state index contributed by atoms with van der Waals surface area (Å²) in [5.74, 6) is -0.774. The monoisotopic (exact) mass is 225 g/mol. The first-order chi connectivity index (χ1) is 7.65. The molecule has 0 bridgehead atoms. The Labute approximate surface area is 93.7 Å². The number of rotatable bonds is 6. The predicted molar refractivity (Wildman–Crippen MR) is 58.8 cm³/mol. The van der Waals surface area contributed by atoms with Gasteiger partial charge in [0.25, 0.3) is 0 Å². The van der Waals surface area contributed by atoms with E-state index in [4.69, 9.17) is 9.84 Å². The van der Waals surface area contributed by atoms with Crippen molar-refractivity contribution in [3.63, 3.8) is 0 Å². The van der Waals surface area contributed by atoms with Gasteiger partial charge in [-0.1, -0.05) is 12.1 Å². The van der Waals surface area contributed by atoms with Crippen molar-refractivity contribution in [3.8, 4) is 5.75 Å². The Morgan fingerprint density at radius 2 is 2.19 bits per heavy atom. The molecule has 0 aromatic heterocycles. The molecule has 0 radical (unpaired) electrons. The molecule has 5 nitrogen and oxygen atoms in total. The Morgan fingerprint density at radius 3 is 2.81 bits per heavy atom. The Balaban J connectivity index is 2.63. The molecule has 1 unspecified atom stereocenters. The van der Waals surface area contributed by atoms with Crippen LogP contribution in [0.1, 0.15) is 10.4 Å². The Bertz CT molecular complexity index is 354. The smallest absolute Gasteiger partial charge is 0.339 e. The normalized spacial score (nSPS) is 12.1. The molecule has 0 heterocycles. The molecule has 1 aromatic rings. The number of carboxylic acids is 1. The fourth-order valence-electron chi connectivity index (χ4n) is 1.25. The van der Waals surface area contributed by atoms with Crippen LogP contribution in [0.2, 0.25) is 0 Å². The zero-order valence-corrected chi connectivity index (χ0v) is 9.01. The van der Waals surface area contributed by atoms with Crippen molar-refractivity contribution in [2.24, 2.45) is 0 Å². The summed E-state index contributed by atoms with van der Waals surface area (Å²) < 4.78 is 5.24. The molecule has 88 valence electrons. The summed E-state index contributed by atoms with van der Waals surface area (Å²) in [7, 11) is 1.72. The Morgan fingerprint density at radius 1 is 1.50 bits per heavy atom. The highest BCUT2D eigenvalue weighted by Gasteiger charge is 2.11. The average Bonchev–Trinajstić information content (AvgIpc) is 2.27. The molecule has 3 N–H and O–H groups in total. The maximum Gasteiger partial charge on any atom is 0.339 e. The average molecular weight is 225 g/mol. The fraction of sp³-hybridized carbons (Fsp3) is 0.364. The quantitative estimate of drug-likeness (QED) is 0.650. The molecule has 1 atom stereocenters. The third kappa shape index (κ3) is 3.52. The van der Waals surface area contributed by atoms with E-state index in [2.05, 4.69) is 5.32 Å². The van der Waals surface area contributed by atoms with Gasteiger partial charge in [0, 0.05) is 6.54 Å². The molecule has 0 saturated heterocycles. The molecule has 0 amide bonds. The lowest BCUT2D eigenvalue weighted by molar-refractivity contribution is 0.0683. The van der Waals surface area contributed by atoms with Crippen LogP contribution in [0, 0.1) is 0 Å². The molecule has 0 spiro atoms. The second-order valence-electron chi connectivity index (χ2n) is 3.32. The molecular formula is C11H15NO4. The second-order valence-corrected chi connectivity index (χ2v) is 3.32. The minimum absolute atomic E-state index is 0.0606. The van der Waals surface area contributed by atoms with Crippen LogP contribution < -0.4 is 10.1 Å². The van der Waals surface area contributed by atoms with E-state index in [1.54, 1.807) is 25.2 Å². The van der Waals surface area contributed by atoms with Gasteiger partial charge in [-0.2, -0.15) is 0 Å². The maximum absolute atomic E-state index is 10.8. The van der Waals surface area contributed by atoms with E-state index in [9.17, 15) is 9.90 Å². The first kappa shape index (κ1) is 12.5. The number of ether oxygens (including phenoxy) is 1. The van der Waals surface area contributed by atoms with Crippen molar-refractivity contribution < 1.29 is 19.7 Å². The molecule has 1 aromatic carbocycles. The number of aromatic carboxylic acids is 1. The van der Waals surface area contributed by atoms with Crippen LogP contribution in [-0.4, -0.2) is 42.5 Å². The van der Waals surface area contributed by atoms with E-state index in [0.717, 1.165) is 0 Å². The minimum atomic E-state index is -1.04. The highest BCUT2D eigenvalue weighted by Crippen LogP contribution is 2.17. The third-order valence-electron chi connectivity index (χ3n) is 1.99. The van der Waals surface area contributed by atoms with Gasteiger partial charge in [-0.15, -0.1) is 0 Å². The van der Waals surface area contributed by atoms with Crippen molar-refractivity contribution in [1.82, 2.24) is 5.32 Å². The zero-order chi connectivity index (χ0) is 12.0. The van der Waals surface area contributed by atoms with Gasteiger partial charge in [-0.3, -0.25) is 0 Å². The molecule has 0 saturated carbocycles. The lowest BCUT2D eigenvalue weighted by Gasteiger charge is -2.13. The third-order valence-corrected chi connectivity index (χ3v) is 1.99. The first-order valence-corrected chi connectivity index (χ1v) is 4.93. The van der Waals surface area contributed by atoms with Crippen LogP contribution in [-0.2, 0) is 0 Å². The number of aliphatic hydroxyl groups is 1. The molecule has 5 heteroatoms. The van der Waals surface area contributed by atoms with Crippen molar-refractivity contribution in [2.45, 2.75) is 6.10 Å². The minimum Gasteiger partial charge on any atom is -0.490 e. The number of para-hydroxylation sites is 1. The van der Waals surface area contributed by atoms with Gasteiger partial charge in [0.1, 0.15) is 24.0 Å². The van der Waals surface area contributed by atoms with E-state index >= 15 is 0 Å². The number of benzene rings is 1. The van der Waals surface area contributed by atoms with Crippen LogP contribution in [0.15, 0.2) is 24.3 Å². The first-order valence-electron chi connectivity index (χ1n) is 4.93. The van der Waals surface area contributed by atoms with E-state index in [-0.39, 0.29) is 17.9 Å². The molecular weight excluding hydrogens is 210 g/mol. The fourth-order valence-corrected chi connectivity index (χ4v) is 1.25. The van der Waals surface area contributed by atoms with E-state index in [1.807, 2.05) is 0 Å². The van der Waals surface area contributed by atoms with Gasteiger partial charge in [0.15, 0.2) is 0 Å². The number of aliphatic hydroxyl groups excluding tert-OH is 1. The molecule has 0 aliphatic rings. The SMILES string of the molecule is CNCC(O)COc1ccccc1C(=O)O. The highest BCUT2D eigenvalue weighted by atomic mass is 16.5. The van der Waals surface area contributed by atoms with Crippen molar-refractivity contribution in [1.29, 1.82) is 0 Å². The molecule has 1 rings (SSSR count).